The normalized spacial score (nSPS) is 16.7. The molecule has 6 aromatic carbocycles. The zero-order valence-electron chi connectivity index (χ0n) is 21.4. The minimum absolute atomic E-state index is 0.215. The summed E-state index contributed by atoms with van der Waals surface area (Å²) in [6.07, 6.45) is 4.73. The molecule has 0 bridgehead atoms. The molecule has 180 valence electrons. The fourth-order valence-corrected chi connectivity index (χ4v) is 7.28. The minimum Gasteiger partial charge on any atom is -0.0720 e. The minimum atomic E-state index is 0.215. The molecule has 0 heteroatoms. The molecule has 0 radical (unpaired) electrons. The van der Waals surface area contributed by atoms with Gasteiger partial charge in [0.1, 0.15) is 0 Å². The third-order valence-electron chi connectivity index (χ3n) is 8.86. The first-order chi connectivity index (χ1) is 19.4. The summed E-state index contributed by atoms with van der Waals surface area (Å²) in [5.74, 6) is 0.215. The van der Waals surface area contributed by atoms with E-state index >= 15 is 0 Å². The maximum Gasteiger partial charge on any atom is 0.0291 e. The number of rotatable bonds is 2. The first-order valence-electron chi connectivity index (χ1n) is 13.7. The lowest BCUT2D eigenvalue weighted by Crippen LogP contribution is -2.30. The van der Waals surface area contributed by atoms with Gasteiger partial charge in [-0.2, -0.15) is 0 Å². The summed E-state index contributed by atoms with van der Waals surface area (Å²) in [5, 5.41) is 10.7. The van der Waals surface area contributed by atoms with Crippen LogP contribution >= 0.6 is 0 Å². The number of hydrogen-bond donors (Lipinski definition) is 0. The second-order valence-corrected chi connectivity index (χ2v) is 10.8. The van der Waals surface area contributed by atoms with Crippen LogP contribution < -0.4 is 20.9 Å². The third-order valence-corrected chi connectivity index (χ3v) is 8.86. The van der Waals surface area contributed by atoms with E-state index in [1.807, 2.05) is 0 Å². The fraction of sp³-hybridized carbons (Fsp3) is 0.0256. The summed E-state index contributed by atoms with van der Waals surface area (Å²) in [6, 6.07) is 47.0. The monoisotopic (exact) mass is 492 g/mol. The van der Waals surface area contributed by atoms with E-state index in [0.717, 1.165) is 0 Å². The summed E-state index contributed by atoms with van der Waals surface area (Å²) >= 11 is 0. The number of fused-ring (bicyclic) bond motifs is 8. The van der Waals surface area contributed by atoms with Crippen molar-refractivity contribution in [1.82, 2.24) is 0 Å². The molecule has 0 N–H and O–H groups in total. The number of benzene rings is 6. The third kappa shape index (κ3) is 2.78. The van der Waals surface area contributed by atoms with Crippen molar-refractivity contribution in [2.45, 2.75) is 5.92 Å². The van der Waals surface area contributed by atoms with Crippen molar-refractivity contribution in [2.24, 2.45) is 0 Å². The second-order valence-electron chi connectivity index (χ2n) is 10.8. The highest BCUT2D eigenvalue weighted by Gasteiger charge is 2.35. The Hall–Kier alpha value is -4.94. The van der Waals surface area contributed by atoms with Gasteiger partial charge in [0.05, 0.1) is 0 Å². The summed E-state index contributed by atoms with van der Waals surface area (Å²) in [5.41, 5.74) is 9.61. The van der Waals surface area contributed by atoms with Crippen molar-refractivity contribution in [3.63, 3.8) is 0 Å². The van der Waals surface area contributed by atoms with Gasteiger partial charge in [0.25, 0.3) is 0 Å². The first kappa shape index (κ1) is 21.0. The highest BCUT2D eigenvalue weighted by atomic mass is 14.4. The SMILES string of the molecule is C1=CC(C2=c3c(ccc4ccccc34)=C3C2=c2ccc4ccccc4c2=C3c2ccccc2)c2ccccc21. The molecule has 0 nitrogen and oxygen atoms in total. The van der Waals surface area contributed by atoms with Crippen LogP contribution in [0.15, 0.2) is 133 Å². The van der Waals surface area contributed by atoms with Crippen molar-refractivity contribution in [2.75, 3.05) is 0 Å². The second kappa shape index (κ2) is 7.79. The van der Waals surface area contributed by atoms with E-state index in [9.17, 15) is 0 Å². The van der Waals surface area contributed by atoms with Crippen molar-refractivity contribution in [3.8, 4) is 0 Å². The van der Waals surface area contributed by atoms with Crippen LogP contribution in [-0.4, -0.2) is 0 Å². The average Bonchev–Trinajstić information content (AvgIpc) is 3.67. The van der Waals surface area contributed by atoms with Crippen LogP contribution in [0.5, 0.6) is 0 Å². The number of allylic oxidation sites excluding steroid dienone is 1. The van der Waals surface area contributed by atoms with Crippen LogP contribution in [0.3, 0.4) is 0 Å². The van der Waals surface area contributed by atoms with Crippen molar-refractivity contribution in [3.05, 3.63) is 171 Å². The smallest absolute Gasteiger partial charge is 0.0291 e. The molecule has 0 heterocycles. The predicted octanol–water partition coefficient (Wildman–Crippen LogP) is 6.18. The first-order valence-corrected chi connectivity index (χ1v) is 13.7. The Labute approximate surface area is 226 Å². The maximum atomic E-state index is 2.42. The van der Waals surface area contributed by atoms with E-state index in [-0.39, 0.29) is 5.92 Å². The van der Waals surface area contributed by atoms with Gasteiger partial charge in [-0.3, -0.25) is 0 Å². The van der Waals surface area contributed by atoms with Crippen LogP contribution in [0.4, 0.5) is 0 Å². The lowest BCUT2D eigenvalue weighted by Gasteiger charge is -2.17. The molecule has 6 aromatic rings. The Balaban J connectivity index is 1.55. The largest absolute Gasteiger partial charge is 0.0720 e. The molecule has 1 unspecified atom stereocenters. The highest BCUT2D eigenvalue weighted by molar-refractivity contribution is 6.31. The van der Waals surface area contributed by atoms with Crippen LogP contribution in [0.2, 0.25) is 0 Å². The molecule has 0 saturated heterocycles. The molecule has 0 aliphatic heterocycles. The lowest BCUT2D eigenvalue weighted by molar-refractivity contribution is 1.14. The molecule has 0 aromatic heterocycles. The van der Waals surface area contributed by atoms with E-state index in [1.165, 1.54) is 81.4 Å². The molecule has 1 atom stereocenters. The topological polar surface area (TPSA) is 0 Å². The molecule has 39 heavy (non-hydrogen) atoms. The van der Waals surface area contributed by atoms with Gasteiger partial charge in [-0.15, -0.1) is 0 Å². The number of hydrogen-bond acceptors (Lipinski definition) is 0. The van der Waals surface area contributed by atoms with Crippen molar-refractivity contribution in [1.29, 1.82) is 0 Å². The molecule has 0 spiro atoms. The van der Waals surface area contributed by atoms with Crippen LogP contribution in [-0.2, 0) is 0 Å². The van der Waals surface area contributed by atoms with E-state index in [2.05, 4.69) is 140 Å². The Morgan fingerprint density at radius 3 is 1.82 bits per heavy atom. The summed E-state index contributed by atoms with van der Waals surface area (Å²) in [6.45, 7) is 0. The van der Waals surface area contributed by atoms with Gasteiger partial charge in [-0.1, -0.05) is 140 Å². The van der Waals surface area contributed by atoms with E-state index in [4.69, 9.17) is 0 Å². The van der Waals surface area contributed by atoms with E-state index in [0.29, 0.717) is 0 Å². The Morgan fingerprint density at radius 1 is 0.436 bits per heavy atom. The molecule has 3 aliphatic carbocycles. The zero-order chi connectivity index (χ0) is 25.5. The molecular weight excluding hydrogens is 468 g/mol. The van der Waals surface area contributed by atoms with Crippen molar-refractivity contribution < 1.29 is 0 Å². The molecule has 3 aliphatic rings. The summed E-state index contributed by atoms with van der Waals surface area (Å²) in [7, 11) is 0. The Kier molecular flexibility index (Phi) is 4.20. The molecule has 0 saturated carbocycles. The van der Waals surface area contributed by atoms with Gasteiger partial charge >= 0.3 is 0 Å². The Bertz CT molecular complexity index is 2310. The van der Waals surface area contributed by atoms with E-state index < -0.39 is 0 Å². The molecular formula is C39H24. The van der Waals surface area contributed by atoms with Gasteiger partial charge < -0.3 is 0 Å². The maximum absolute atomic E-state index is 2.42. The Morgan fingerprint density at radius 2 is 1.05 bits per heavy atom. The molecule has 9 rings (SSSR count). The molecule has 0 fully saturated rings. The van der Waals surface area contributed by atoms with Crippen LogP contribution in [0.25, 0.3) is 49.9 Å². The van der Waals surface area contributed by atoms with E-state index in [1.54, 1.807) is 0 Å². The van der Waals surface area contributed by atoms with Crippen LogP contribution in [0, 0.1) is 0 Å². The zero-order valence-corrected chi connectivity index (χ0v) is 21.4. The average molecular weight is 493 g/mol. The quantitative estimate of drug-likeness (QED) is 0.271. The highest BCUT2D eigenvalue weighted by Crippen LogP contribution is 2.46. The summed E-state index contributed by atoms with van der Waals surface area (Å²) < 4.78 is 0. The van der Waals surface area contributed by atoms with Gasteiger partial charge in [-0.25, -0.2) is 0 Å². The predicted molar refractivity (Wildman–Crippen MR) is 164 cm³/mol. The standard InChI is InChI=1S/C39H24/c1-2-13-27(14-3-1)34-35-29-16-8-5-11-25(29)19-22-32(35)39-37(31-21-18-24-10-4-7-15-28(24)31)36-30-17-9-6-12-26(30)20-23-33(36)38(34)39/h1-23,31H. The van der Waals surface area contributed by atoms with Gasteiger partial charge in [0.2, 0.25) is 0 Å². The van der Waals surface area contributed by atoms with Crippen LogP contribution in [0.1, 0.15) is 22.6 Å². The lowest BCUT2D eigenvalue weighted by atomic mass is 9.85. The molecule has 0 amide bonds. The van der Waals surface area contributed by atoms with Gasteiger partial charge in [0.15, 0.2) is 0 Å². The van der Waals surface area contributed by atoms with Crippen molar-refractivity contribution >= 4 is 49.9 Å². The summed E-state index contributed by atoms with van der Waals surface area (Å²) in [4.78, 5) is 0. The van der Waals surface area contributed by atoms with Gasteiger partial charge in [0, 0.05) is 5.92 Å². The fourth-order valence-electron chi connectivity index (χ4n) is 7.28. The van der Waals surface area contributed by atoms with Gasteiger partial charge in [-0.05, 0) is 81.4 Å².